The third-order valence-electron chi connectivity index (χ3n) is 2.61. The number of thioether (sulfide) groups is 1. The Kier molecular flexibility index (Phi) is 2.82. The van der Waals surface area contributed by atoms with Crippen LogP contribution in [0.3, 0.4) is 0 Å². The average Bonchev–Trinajstić information content (AvgIpc) is 2.83. The molecule has 1 unspecified atom stereocenters. The number of rotatable bonds is 2. The second-order valence-corrected chi connectivity index (χ2v) is 6.06. The Morgan fingerprint density at radius 3 is 3.19 bits per heavy atom. The molecule has 2 aromatic rings. The topological polar surface area (TPSA) is 55.1 Å². The zero-order valence-electron chi connectivity index (χ0n) is 9.01. The Hall–Kier alpha value is -0.660. The van der Waals surface area contributed by atoms with Crippen LogP contribution in [0.25, 0.3) is 4.96 Å². The van der Waals surface area contributed by atoms with Crippen molar-refractivity contribution >= 4 is 28.1 Å². The lowest BCUT2D eigenvalue weighted by atomic mass is 10.2. The minimum Gasteiger partial charge on any atom is -0.312 e. The first-order valence-electron chi connectivity index (χ1n) is 5.32. The summed E-state index contributed by atoms with van der Waals surface area (Å²) in [5.74, 6) is 3.27. The second kappa shape index (κ2) is 4.31. The molecule has 3 rings (SSSR count). The normalized spacial score (nSPS) is 21.7. The van der Waals surface area contributed by atoms with Gasteiger partial charge in [-0.1, -0.05) is 11.3 Å². The summed E-state index contributed by atoms with van der Waals surface area (Å²) in [4.78, 5) is 0.899. The van der Waals surface area contributed by atoms with Gasteiger partial charge in [-0.25, -0.2) is 0 Å². The Labute approximate surface area is 102 Å². The molecule has 0 aliphatic carbocycles. The van der Waals surface area contributed by atoms with Gasteiger partial charge in [0, 0.05) is 30.5 Å². The fourth-order valence-corrected chi connectivity index (χ4v) is 3.71. The molecule has 86 valence electrons. The molecule has 0 bridgehead atoms. The largest absolute Gasteiger partial charge is 0.312 e. The van der Waals surface area contributed by atoms with Crippen molar-refractivity contribution in [3.63, 3.8) is 0 Å². The molecule has 0 saturated carbocycles. The SMILES string of the molecule is Cc1nnc2sc(CC3CSCCN3)nn12. The van der Waals surface area contributed by atoms with Crippen molar-refractivity contribution in [1.82, 2.24) is 25.1 Å². The molecule has 1 saturated heterocycles. The minimum atomic E-state index is 0.558. The van der Waals surface area contributed by atoms with Crippen LogP contribution in [0.1, 0.15) is 10.8 Å². The molecular weight excluding hydrogens is 242 g/mol. The highest BCUT2D eigenvalue weighted by molar-refractivity contribution is 7.99. The quantitative estimate of drug-likeness (QED) is 0.858. The summed E-state index contributed by atoms with van der Waals surface area (Å²) in [6.45, 7) is 3.04. The molecule has 0 radical (unpaired) electrons. The standard InChI is InChI=1S/C9H13N5S2/c1-6-11-12-9-14(6)13-8(16-9)4-7-5-15-3-2-10-7/h7,10H,2-5H2,1H3. The van der Waals surface area contributed by atoms with Gasteiger partial charge >= 0.3 is 0 Å². The van der Waals surface area contributed by atoms with Crippen molar-refractivity contribution in [2.24, 2.45) is 0 Å². The average molecular weight is 255 g/mol. The summed E-state index contributed by atoms with van der Waals surface area (Å²) in [5.41, 5.74) is 0. The third-order valence-corrected chi connectivity index (χ3v) is 4.66. The van der Waals surface area contributed by atoms with Crippen LogP contribution in [0.5, 0.6) is 0 Å². The van der Waals surface area contributed by atoms with Gasteiger partial charge in [-0.05, 0) is 6.92 Å². The summed E-state index contributed by atoms with van der Waals surface area (Å²) in [7, 11) is 0. The van der Waals surface area contributed by atoms with Gasteiger partial charge < -0.3 is 5.32 Å². The fraction of sp³-hybridized carbons (Fsp3) is 0.667. The summed E-state index contributed by atoms with van der Waals surface area (Å²) < 4.78 is 1.83. The van der Waals surface area contributed by atoms with Gasteiger partial charge in [-0.15, -0.1) is 10.2 Å². The van der Waals surface area contributed by atoms with E-state index in [1.54, 1.807) is 11.3 Å². The second-order valence-electron chi connectivity index (χ2n) is 3.87. The van der Waals surface area contributed by atoms with E-state index < -0.39 is 0 Å². The highest BCUT2D eigenvalue weighted by Gasteiger charge is 2.16. The van der Waals surface area contributed by atoms with Crippen LogP contribution in [-0.4, -0.2) is 43.9 Å². The van der Waals surface area contributed by atoms with Gasteiger partial charge in [0.15, 0.2) is 5.82 Å². The Morgan fingerprint density at radius 1 is 1.50 bits per heavy atom. The van der Waals surface area contributed by atoms with E-state index >= 15 is 0 Å². The monoisotopic (exact) mass is 255 g/mol. The molecule has 1 aliphatic rings. The molecule has 1 aliphatic heterocycles. The Balaban J connectivity index is 1.78. The molecule has 0 spiro atoms. The maximum absolute atomic E-state index is 4.53. The first-order valence-corrected chi connectivity index (χ1v) is 7.29. The first kappa shape index (κ1) is 10.5. The molecular formula is C9H13N5S2. The zero-order valence-corrected chi connectivity index (χ0v) is 10.6. The summed E-state index contributed by atoms with van der Waals surface area (Å²) in [6, 6.07) is 0.558. The van der Waals surface area contributed by atoms with Crippen molar-refractivity contribution in [1.29, 1.82) is 0 Å². The van der Waals surface area contributed by atoms with Crippen LogP contribution < -0.4 is 5.32 Å². The zero-order chi connectivity index (χ0) is 11.0. The van der Waals surface area contributed by atoms with Gasteiger partial charge in [0.25, 0.3) is 0 Å². The smallest absolute Gasteiger partial charge is 0.234 e. The van der Waals surface area contributed by atoms with Gasteiger partial charge in [0.2, 0.25) is 4.96 Å². The molecule has 0 aromatic carbocycles. The predicted molar refractivity (Wildman–Crippen MR) is 66.2 cm³/mol. The molecule has 5 nitrogen and oxygen atoms in total. The van der Waals surface area contributed by atoms with E-state index in [1.807, 2.05) is 23.2 Å². The highest BCUT2D eigenvalue weighted by atomic mass is 32.2. The van der Waals surface area contributed by atoms with E-state index in [2.05, 4.69) is 20.6 Å². The molecule has 16 heavy (non-hydrogen) atoms. The molecule has 7 heteroatoms. The van der Waals surface area contributed by atoms with Crippen LogP contribution in [0.2, 0.25) is 0 Å². The van der Waals surface area contributed by atoms with Crippen LogP contribution in [0, 0.1) is 6.92 Å². The highest BCUT2D eigenvalue weighted by Crippen LogP contribution is 2.17. The summed E-state index contributed by atoms with van der Waals surface area (Å²) >= 11 is 3.65. The van der Waals surface area contributed by atoms with Crippen molar-refractivity contribution in [2.75, 3.05) is 18.1 Å². The third kappa shape index (κ3) is 1.94. The number of hydrogen-bond donors (Lipinski definition) is 1. The van der Waals surface area contributed by atoms with Crippen LogP contribution in [0.4, 0.5) is 0 Å². The maximum Gasteiger partial charge on any atom is 0.234 e. The number of nitrogens with zero attached hydrogens (tertiary/aromatic N) is 4. The lowest BCUT2D eigenvalue weighted by molar-refractivity contribution is 0.558. The van der Waals surface area contributed by atoms with Crippen molar-refractivity contribution < 1.29 is 0 Å². The number of aryl methyl sites for hydroxylation is 1. The molecule has 1 N–H and O–H groups in total. The maximum atomic E-state index is 4.53. The fourth-order valence-electron chi connectivity index (χ4n) is 1.80. The van der Waals surface area contributed by atoms with Crippen LogP contribution >= 0.6 is 23.1 Å². The summed E-state index contributed by atoms with van der Waals surface area (Å²) in [5, 5.41) is 17.3. The van der Waals surface area contributed by atoms with Gasteiger partial charge in [-0.2, -0.15) is 21.4 Å². The van der Waals surface area contributed by atoms with Crippen LogP contribution in [-0.2, 0) is 6.42 Å². The lowest BCUT2D eigenvalue weighted by Crippen LogP contribution is -2.38. The van der Waals surface area contributed by atoms with E-state index in [4.69, 9.17) is 0 Å². The number of nitrogens with one attached hydrogen (secondary N) is 1. The van der Waals surface area contributed by atoms with E-state index in [-0.39, 0.29) is 0 Å². The van der Waals surface area contributed by atoms with E-state index in [0.29, 0.717) is 6.04 Å². The summed E-state index contributed by atoms with van der Waals surface area (Å²) in [6.07, 6.45) is 1.00. The Morgan fingerprint density at radius 2 is 2.44 bits per heavy atom. The number of fused-ring (bicyclic) bond motifs is 1. The van der Waals surface area contributed by atoms with Gasteiger partial charge in [0.1, 0.15) is 5.01 Å². The van der Waals surface area contributed by atoms with Crippen molar-refractivity contribution in [2.45, 2.75) is 19.4 Å². The molecule has 2 aromatic heterocycles. The van der Waals surface area contributed by atoms with Crippen LogP contribution in [0.15, 0.2) is 0 Å². The minimum absolute atomic E-state index is 0.558. The predicted octanol–water partition coefficient (Wildman–Crippen LogP) is 0.742. The lowest BCUT2D eigenvalue weighted by Gasteiger charge is -2.21. The first-order chi connectivity index (χ1) is 7.83. The van der Waals surface area contributed by atoms with Gasteiger partial charge in [0.05, 0.1) is 0 Å². The number of aromatic nitrogens is 4. The van der Waals surface area contributed by atoms with E-state index in [1.165, 1.54) is 11.5 Å². The molecule has 1 fully saturated rings. The molecule has 3 heterocycles. The molecule has 1 atom stereocenters. The van der Waals surface area contributed by atoms with Crippen molar-refractivity contribution in [3.8, 4) is 0 Å². The van der Waals surface area contributed by atoms with Gasteiger partial charge in [-0.3, -0.25) is 0 Å². The molecule has 0 amide bonds. The van der Waals surface area contributed by atoms with E-state index in [9.17, 15) is 0 Å². The van der Waals surface area contributed by atoms with Crippen molar-refractivity contribution in [3.05, 3.63) is 10.8 Å². The Bertz CT molecular complexity index is 485. The number of hydrogen-bond acceptors (Lipinski definition) is 6. The van der Waals surface area contributed by atoms with E-state index in [0.717, 1.165) is 28.8 Å².